The van der Waals surface area contributed by atoms with Crippen LogP contribution in [0.2, 0.25) is 0 Å². The first-order valence-corrected chi connectivity index (χ1v) is 5.40. The molecule has 0 heterocycles. The molecule has 1 aromatic carbocycles. The van der Waals surface area contributed by atoms with Crippen molar-refractivity contribution in [2.45, 2.75) is 32.4 Å². The van der Waals surface area contributed by atoms with Gasteiger partial charge in [0, 0.05) is 11.6 Å². The van der Waals surface area contributed by atoms with Crippen molar-refractivity contribution in [1.82, 2.24) is 5.32 Å². The lowest BCUT2D eigenvalue weighted by molar-refractivity contribution is 0.230. The highest BCUT2D eigenvalue weighted by Gasteiger charge is 2.17. The summed E-state index contributed by atoms with van der Waals surface area (Å²) in [6.45, 7) is 3.65. The minimum absolute atomic E-state index is 0.139. The van der Waals surface area contributed by atoms with Gasteiger partial charge in [0.25, 0.3) is 0 Å². The predicted octanol–water partition coefficient (Wildman–Crippen LogP) is 2.39. The van der Waals surface area contributed by atoms with Crippen LogP contribution in [0.3, 0.4) is 0 Å². The molecule has 0 amide bonds. The van der Waals surface area contributed by atoms with Gasteiger partial charge in [-0.15, -0.1) is 0 Å². The molecule has 1 rings (SSSR count). The monoisotopic (exact) mass is 229 g/mol. The number of hydrogen-bond donors (Lipinski definition) is 2. The number of nitrogens with one attached hydrogen (secondary N) is 1. The number of aliphatic hydroxyl groups is 1. The van der Waals surface area contributed by atoms with E-state index in [1.807, 2.05) is 13.8 Å². The van der Waals surface area contributed by atoms with Crippen molar-refractivity contribution in [3.05, 3.63) is 35.4 Å². The van der Waals surface area contributed by atoms with Crippen LogP contribution in [0, 0.1) is 11.6 Å². The quantitative estimate of drug-likeness (QED) is 0.812. The van der Waals surface area contributed by atoms with Crippen LogP contribution in [0.15, 0.2) is 18.2 Å². The fraction of sp³-hybridized carbons (Fsp3) is 0.500. The third-order valence-electron chi connectivity index (χ3n) is 2.61. The molecule has 0 bridgehead atoms. The fourth-order valence-corrected chi connectivity index (χ4v) is 1.48. The maximum absolute atomic E-state index is 13.4. The molecule has 2 atom stereocenters. The first-order valence-electron chi connectivity index (χ1n) is 5.40. The summed E-state index contributed by atoms with van der Waals surface area (Å²) in [6.07, 6.45) is 0.855. The second-order valence-electron chi connectivity index (χ2n) is 3.88. The van der Waals surface area contributed by atoms with Gasteiger partial charge in [0.2, 0.25) is 0 Å². The van der Waals surface area contributed by atoms with Crippen LogP contribution in [0.1, 0.15) is 31.9 Å². The van der Waals surface area contributed by atoms with Crippen LogP contribution in [-0.4, -0.2) is 17.8 Å². The normalized spacial score (nSPS) is 14.8. The highest BCUT2D eigenvalue weighted by atomic mass is 19.1. The second-order valence-corrected chi connectivity index (χ2v) is 3.88. The Bertz CT molecular complexity index is 344. The van der Waals surface area contributed by atoms with Crippen LogP contribution in [0.4, 0.5) is 8.78 Å². The lowest BCUT2D eigenvalue weighted by Gasteiger charge is -2.21. The van der Waals surface area contributed by atoms with Crippen LogP contribution in [-0.2, 0) is 0 Å². The van der Waals surface area contributed by atoms with Gasteiger partial charge in [-0.2, -0.15) is 0 Å². The summed E-state index contributed by atoms with van der Waals surface area (Å²) in [5, 5.41) is 12.2. The Balaban J connectivity index is 2.89. The largest absolute Gasteiger partial charge is 0.394 e. The molecule has 0 aromatic heterocycles. The maximum atomic E-state index is 13.4. The molecule has 0 aliphatic carbocycles. The summed E-state index contributed by atoms with van der Waals surface area (Å²) in [4.78, 5) is 0. The summed E-state index contributed by atoms with van der Waals surface area (Å²) in [7, 11) is 0. The molecule has 0 saturated carbocycles. The Hall–Kier alpha value is -1.00. The molecular formula is C12H17F2NO. The molecule has 0 saturated heterocycles. The third-order valence-corrected chi connectivity index (χ3v) is 2.61. The first-order chi connectivity index (χ1) is 7.58. The van der Waals surface area contributed by atoms with Gasteiger partial charge in [-0.05, 0) is 31.5 Å². The number of benzene rings is 1. The topological polar surface area (TPSA) is 32.3 Å². The Labute approximate surface area is 94.3 Å². The first kappa shape index (κ1) is 13.1. The Kier molecular flexibility index (Phi) is 4.83. The van der Waals surface area contributed by atoms with E-state index in [1.165, 1.54) is 0 Å². The van der Waals surface area contributed by atoms with Crippen molar-refractivity contribution < 1.29 is 13.9 Å². The molecule has 4 heteroatoms. The molecule has 0 radical (unpaired) electrons. The van der Waals surface area contributed by atoms with Gasteiger partial charge in [-0.1, -0.05) is 6.92 Å². The molecule has 0 fully saturated rings. The smallest absolute Gasteiger partial charge is 0.128 e. The third kappa shape index (κ3) is 3.25. The van der Waals surface area contributed by atoms with Crippen molar-refractivity contribution in [3.8, 4) is 0 Å². The van der Waals surface area contributed by atoms with E-state index in [9.17, 15) is 13.9 Å². The Morgan fingerprint density at radius 2 is 2.06 bits per heavy atom. The van der Waals surface area contributed by atoms with Gasteiger partial charge >= 0.3 is 0 Å². The van der Waals surface area contributed by atoms with Crippen molar-refractivity contribution in [2.75, 3.05) is 6.61 Å². The molecule has 0 spiro atoms. The van der Waals surface area contributed by atoms with E-state index in [4.69, 9.17) is 0 Å². The molecule has 2 N–H and O–H groups in total. The van der Waals surface area contributed by atoms with Crippen LogP contribution >= 0.6 is 0 Å². The van der Waals surface area contributed by atoms with E-state index >= 15 is 0 Å². The standard InChI is InChI=1S/C12H17F2NO/c1-3-8(2)15-12(7-16)10-6-9(13)4-5-11(10)14/h4-6,8,12,15-16H,3,7H2,1-2H3. The van der Waals surface area contributed by atoms with Gasteiger partial charge in [-0.3, -0.25) is 0 Å². The number of rotatable bonds is 5. The highest BCUT2D eigenvalue weighted by Crippen LogP contribution is 2.18. The molecule has 90 valence electrons. The summed E-state index contributed by atoms with van der Waals surface area (Å²) < 4.78 is 26.4. The zero-order valence-corrected chi connectivity index (χ0v) is 9.50. The number of aliphatic hydroxyl groups excluding tert-OH is 1. The van der Waals surface area contributed by atoms with Gasteiger partial charge in [0.05, 0.1) is 12.6 Å². The summed E-state index contributed by atoms with van der Waals surface area (Å²) >= 11 is 0. The van der Waals surface area contributed by atoms with Crippen LogP contribution in [0.25, 0.3) is 0 Å². The molecule has 16 heavy (non-hydrogen) atoms. The van der Waals surface area contributed by atoms with E-state index in [1.54, 1.807) is 0 Å². The lowest BCUT2D eigenvalue weighted by Crippen LogP contribution is -2.32. The molecule has 2 nitrogen and oxygen atoms in total. The zero-order chi connectivity index (χ0) is 12.1. The van der Waals surface area contributed by atoms with Gasteiger partial charge in [-0.25, -0.2) is 8.78 Å². The van der Waals surface area contributed by atoms with Gasteiger partial charge < -0.3 is 10.4 Å². The van der Waals surface area contributed by atoms with Gasteiger partial charge in [0.15, 0.2) is 0 Å². The SMILES string of the molecule is CCC(C)NC(CO)c1cc(F)ccc1F. The summed E-state index contributed by atoms with van der Waals surface area (Å²) in [6, 6.07) is 2.83. The predicted molar refractivity (Wildman–Crippen MR) is 59.1 cm³/mol. The van der Waals surface area contributed by atoms with E-state index in [2.05, 4.69) is 5.32 Å². The maximum Gasteiger partial charge on any atom is 0.128 e. The van der Waals surface area contributed by atoms with E-state index < -0.39 is 17.7 Å². The van der Waals surface area contributed by atoms with Gasteiger partial charge in [0.1, 0.15) is 11.6 Å². The second kappa shape index (κ2) is 5.92. The zero-order valence-electron chi connectivity index (χ0n) is 9.50. The van der Waals surface area contributed by atoms with Crippen LogP contribution < -0.4 is 5.32 Å². The number of hydrogen-bond acceptors (Lipinski definition) is 2. The van der Waals surface area contributed by atoms with Crippen molar-refractivity contribution in [1.29, 1.82) is 0 Å². The fourth-order valence-electron chi connectivity index (χ4n) is 1.48. The van der Waals surface area contributed by atoms with Crippen molar-refractivity contribution in [2.24, 2.45) is 0 Å². The average Bonchev–Trinajstić information content (AvgIpc) is 2.29. The highest BCUT2D eigenvalue weighted by molar-refractivity contribution is 5.22. The summed E-state index contributed by atoms with van der Waals surface area (Å²) in [5.41, 5.74) is 0.169. The van der Waals surface area contributed by atoms with E-state index in [0.717, 1.165) is 24.6 Å². The average molecular weight is 229 g/mol. The molecular weight excluding hydrogens is 212 g/mol. The van der Waals surface area contributed by atoms with E-state index in [-0.39, 0.29) is 18.2 Å². The molecule has 0 aliphatic heterocycles. The molecule has 2 unspecified atom stereocenters. The molecule has 1 aromatic rings. The minimum atomic E-state index is -0.564. The van der Waals surface area contributed by atoms with Crippen molar-refractivity contribution >= 4 is 0 Å². The lowest BCUT2D eigenvalue weighted by atomic mass is 10.1. The van der Waals surface area contributed by atoms with E-state index in [0.29, 0.717) is 0 Å². The van der Waals surface area contributed by atoms with Crippen molar-refractivity contribution in [3.63, 3.8) is 0 Å². The minimum Gasteiger partial charge on any atom is -0.394 e. The number of halogens is 2. The summed E-state index contributed by atoms with van der Waals surface area (Å²) in [5.74, 6) is -1.00. The Morgan fingerprint density at radius 3 is 2.62 bits per heavy atom. The Morgan fingerprint density at radius 1 is 1.38 bits per heavy atom. The van der Waals surface area contributed by atoms with Crippen LogP contribution in [0.5, 0.6) is 0 Å². The molecule has 0 aliphatic rings.